The van der Waals surface area contributed by atoms with E-state index in [1.807, 2.05) is 0 Å². The van der Waals surface area contributed by atoms with E-state index in [4.69, 9.17) is 4.74 Å². The van der Waals surface area contributed by atoms with Crippen molar-refractivity contribution in [2.45, 2.75) is 72.5 Å². The highest BCUT2D eigenvalue weighted by atomic mass is 16.5. The highest BCUT2D eigenvalue weighted by molar-refractivity contribution is 4.85. The van der Waals surface area contributed by atoms with Crippen molar-refractivity contribution in [3.05, 3.63) is 0 Å². The zero-order valence-electron chi connectivity index (χ0n) is 11.5. The molecule has 2 nitrogen and oxygen atoms in total. The highest BCUT2D eigenvalue weighted by Gasteiger charge is 2.34. The summed E-state index contributed by atoms with van der Waals surface area (Å²) in [5.41, 5.74) is 0.640. The minimum absolute atomic E-state index is 0.0473. The third-order valence-corrected chi connectivity index (χ3v) is 3.48. The summed E-state index contributed by atoms with van der Waals surface area (Å²) in [5.74, 6) is 0. The fourth-order valence-electron chi connectivity index (χ4n) is 2.19. The van der Waals surface area contributed by atoms with Gasteiger partial charge in [-0.05, 0) is 36.5 Å². The van der Waals surface area contributed by atoms with Crippen molar-refractivity contribution in [2.75, 3.05) is 6.61 Å². The van der Waals surface area contributed by atoms with Crippen LogP contribution in [0, 0.1) is 10.8 Å². The Hall–Kier alpha value is -0.0800. The molecular formula is C14H28O2. The lowest BCUT2D eigenvalue weighted by atomic mass is 9.75. The lowest BCUT2D eigenvalue weighted by Crippen LogP contribution is -2.39. The van der Waals surface area contributed by atoms with Crippen molar-refractivity contribution in [1.29, 1.82) is 0 Å². The van der Waals surface area contributed by atoms with E-state index in [2.05, 4.69) is 34.6 Å². The molecule has 1 rings (SSSR count). The third-order valence-electron chi connectivity index (χ3n) is 3.48. The van der Waals surface area contributed by atoms with Gasteiger partial charge in [0.1, 0.15) is 0 Å². The minimum atomic E-state index is -0.256. The predicted molar refractivity (Wildman–Crippen MR) is 67.5 cm³/mol. The predicted octanol–water partition coefficient (Wildman–Crippen LogP) is 3.38. The maximum absolute atomic E-state index is 9.91. The molecule has 0 aromatic rings. The van der Waals surface area contributed by atoms with Crippen LogP contribution in [0.2, 0.25) is 0 Å². The first-order valence-electron chi connectivity index (χ1n) is 6.49. The fourth-order valence-corrected chi connectivity index (χ4v) is 2.19. The van der Waals surface area contributed by atoms with Crippen LogP contribution < -0.4 is 0 Å². The number of aliphatic hydroxyl groups excluding tert-OH is 1. The number of ether oxygens (including phenoxy) is 1. The van der Waals surface area contributed by atoms with Crippen LogP contribution in [0.1, 0.15) is 60.3 Å². The van der Waals surface area contributed by atoms with Gasteiger partial charge in [-0.15, -0.1) is 0 Å². The van der Waals surface area contributed by atoms with Gasteiger partial charge >= 0.3 is 0 Å². The summed E-state index contributed by atoms with van der Waals surface area (Å²) in [6.07, 6.45) is 3.81. The SMILES string of the molecule is CC(C)(C)CCOC1CC(C)(C)CCC1O. The average Bonchev–Trinajstić information content (AvgIpc) is 2.09. The Labute approximate surface area is 100 Å². The van der Waals surface area contributed by atoms with Crippen molar-refractivity contribution < 1.29 is 9.84 Å². The van der Waals surface area contributed by atoms with Gasteiger partial charge in [0.2, 0.25) is 0 Å². The monoisotopic (exact) mass is 228 g/mol. The van der Waals surface area contributed by atoms with Gasteiger partial charge in [0.05, 0.1) is 12.2 Å². The topological polar surface area (TPSA) is 29.5 Å². The molecule has 1 N–H and O–H groups in total. The number of hydrogen-bond acceptors (Lipinski definition) is 2. The van der Waals surface area contributed by atoms with E-state index in [1.54, 1.807) is 0 Å². The van der Waals surface area contributed by atoms with Crippen LogP contribution >= 0.6 is 0 Å². The Bertz CT molecular complexity index is 215. The minimum Gasteiger partial charge on any atom is -0.390 e. The second kappa shape index (κ2) is 5.05. The van der Waals surface area contributed by atoms with Crippen molar-refractivity contribution >= 4 is 0 Å². The largest absolute Gasteiger partial charge is 0.390 e. The molecule has 2 unspecified atom stereocenters. The quantitative estimate of drug-likeness (QED) is 0.802. The van der Waals surface area contributed by atoms with E-state index >= 15 is 0 Å². The van der Waals surface area contributed by atoms with Crippen LogP contribution in [0.25, 0.3) is 0 Å². The number of hydrogen-bond donors (Lipinski definition) is 1. The van der Waals surface area contributed by atoms with Crippen molar-refractivity contribution in [2.24, 2.45) is 10.8 Å². The van der Waals surface area contributed by atoms with Crippen molar-refractivity contribution in [3.63, 3.8) is 0 Å². The first kappa shape index (κ1) is 14.0. The summed E-state index contributed by atoms with van der Waals surface area (Å²) in [5, 5.41) is 9.91. The van der Waals surface area contributed by atoms with Gasteiger partial charge in [0.15, 0.2) is 0 Å². The zero-order chi connectivity index (χ0) is 12.4. The molecule has 16 heavy (non-hydrogen) atoms. The molecule has 1 aliphatic carbocycles. The van der Waals surface area contributed by atoms with Gasteiger partial charge in [0.25, 0.3) is 0 Å². The molecule has 0 aromatic heterocycles. The molecule has 0 saturated heterocycles. The molecule has 2 heteroatoms. The molecule has 1 fully saturated rings. The molecular weight excluding hydrogens is 200 g/mol. The summed E-state index contributed by atoms with van der Waals surface area (Å²) >= 11 is 0. The summed E-state index contributed by atoms with van der Waals surface area (Å²) in [6, 6.07) is 0. The van der Waals surface area contributed by atoms with Gasteiger partial charge in [0, 0.05) is 6.61 Å². The maximum Gasteiger partial charge on any atom is 0.0839 e. The lowest BCUT2D eigenvalue weighted by Gasteiger charge is -2.38. The fraction of sp³-hybridized carbons (Fsp3) is 1.00. The average molecular weight is 228 g/mol. The third kappa shape index (κ3) is 4.84. The number of aliphatic hydroxyl groups is 1. The summed E-state index contributed by atoms with van der Waals surface area (Å²) in [4.78, 5) is 0. The van der Waals surface area contributed by atoms with Crippen LogP contribution in [0.3, 0.4) is 0 Å². The molecule has 0 heterocycles. The highest BCUT2D eigenvalue weighted by Crippen LogP contribution is 2.36. The summed E-state index contributed by atoms with van der Waals surface area (Å²) in [7, 11) is 0. The van der Waals surface area contributed by atoms with Crippen LogP contribution in [-0.2, 0) is 4.74 Å². The molecule has 0 spiro atoms. The molecule has 0 aliphatic heterocycles. The van der Waals surface area contributed by atoms with E-state index in [1.165, 1.54) is 0 Å². The molecule has 1 aliphatic rings. The van der Waals surface area contributed by atoms with Gasteiger partial charge < -0.3 is 9.84 Å². The van der Waals surface area contributed by atoms with Crippen LogP contribution in [0.15, 0.2) is 0 Å². The summed E-state index contributed by atoms with van der Waals surface area (Å²) in [6.45, 7) is 12.0. The lowest BCUT2D eigenvalue weighted by molar-refractivity contribution is -0.0900. The van der Waals surface area contributed by atoms with E-state index in [0.29, 0.717) is 10.8 Å². The molecule has 96 valence electrons. The Morgan fingerprint density at radius 2 is 1.94 bits per heavy atom. The van der Waals surface area contributed by atoms with Crippen LogP contribution in [-0.4, -0.2) is 23.9 Å². The molecule has 1 saturated carbocycles. The first-order valence-corrected chi connectivity index (χ1v) is 6.49. The summed E-state index contributed by atoms with van der Waals surface area (Å²) < 4.78 is 5.86. The molecule has 0 aromatic carbocycles. The standard InChI is InChI=1S/C14H28O2/c1-13(2,3)8-9-16-12-10-14(4,5)7-6-11(12)15/h11-12,15H,6-10H2,1-5H3. The Kier molecular flexibility index (Phi) is 4.42. The van der Waals surface area contributed by atoms with E-state index in [0.717, 1.165) is 32.3 Å². The van der Waals surface area contributed by atoms with Gasteiger partial charge in [-0.3, -0.25) is 0 Å². The molecule has 0 radical (unpaired) electrons. The van der Waals surface area contributed by atoms with Crippen molar-refractivity contribution in [1.82, 2.24) is 0 Å². The molecule has 2 atom stereocenters. The number of rotatable bonds is 3. The normalized spacial score (nSPS) is 30.4. The van der Waals surface area contributed by atoms with Crippen LogP contribution in [0.5, 0.6) is 0 Å². The van der Waals surface area contributed by atoms with Crippen molar-refractivity contribution in [3.8, 4) is 0 Å². The second-order valence-electron chi connectivity index (χ2n) is 7.19. The van der Waals surface area contributed by atoms with Crippen LogP contribution in [0.4, 0.5) is 0 Å². The second-order valence-corrected chi connectivity index (χ2v) is 7.19. The smallest absolute Gasteiger partial charge is 0.0839 e. The Balaban J connectivity index is 2.35. The molecule has 0 amide bonds. The van der Waals surface area contributed by atoms with Gasteiger partial charge in [-0.25, -0.2) is 0 Å². The zero-order valence-corrected chi connectivity index (χ0v) is 11.5. The van der Waals surface area contributed by atoms with Gasteiger partial charge in [-0.1, -0.05) is 34.6 Å². The van der Waals surface area contributed by atoms with E-state index in [-0.39, 0.29) is 12.2 Å². The Morgan fingerprint density at radius 1 is 1.31 bits per heavy atom. The van der Waals surface area contributed by atoms with Gasteiger partial charge in [-0.2, -0.15) is 0 Å². The maximum atomic E-state index is 9.91. The van der Waals surface area contributed by atoms with E-state index in [9.17, 15) is 5.11 Å². The Morgan fingerprint density at radius 3 is 2.50 bits per heavy atom. The van der Waals surface area contributed by atoms with E-state index < -0.39 is 0 Å². The molecule has 0 bridgehead atoms. The first-order chi connectivity index (χ1) is 7.20.